The number of hydrogen-bond acceptors (Lipinski definition) is 2. The number of hydrogen-bond donors (Lipinski definition) is 2. The van der Waals surface area contributed by atoms with Crippen LogP contribution in [0.3, 0.4) is 0 Å². The Labute approximate surface area is 132 Å². The van der Waals surface area contributed by atoms with E-state index in [1.165, 1.54) is 33.4 Å². The van der Waals surface area contributed by atoms with Gasteiger partial charge < -0.3 is 11.5 Å². The van der Waals surface area contributed by atoms with Crippen LogP contribution in [0.15, 0.2) is 60.2 Å². The van der Waals surface area contributed by atoms with Crippen LogP contribution in [0.4, 0.5) is 0 Å². The Hall–Kier alpha value is -2.16. The fourth-order valence-electron chi connectivity index (χ4n) is 3.07. The van der Waals surface area contributed by atoms with E-state index in [0.29, 0.717) is 13.1 Å². The minimum Gasteiger partial charge on any atom is -0.326 e. The topological polar surface area (TPSA) is 52.0 Å². The Kier molecular flexibility index (Phi) is 4.23. The summed E-state index contributed by atoms with van der Waals surface area (Å²) in [5.41, 5.74) is 20.5. The molecule has 2 heteroatoms. The van der Waals surface area contributed by atoms with Gasteiger partial charge in [-0.3, -0.25) is 0 Å². The van der Waals surface area contributed by atoms with Crippen LogP contribution in [0.5, 0.6) is 0 Å². The summed E-state index contributed by atoms with van der Waals surface area (Å²) in [5.74, 6) is 0. The SMILES string of the molecule is CC1=C(c2cccc(CN)c2)C(c2cccc(CN)c2)=CC1. The van der Waals surface area contributed by atoms with Crippen molar-refractivity contribution >= 4 is 11.1 Å². The first kappa shape index (κ1) is 14.8. The van der Waals surface area contributed by atoms with Crippen LogP contribution < -0.4 is 11.5 Å². The molecule has 0 heterocycles. The molecule has 0 aromatic heterocycles. The first-order valence-corrected chi connectivity index (χ1v) is 7.72. The quantitative estimate of drug-likeness (QED) is 0.898. The molecule has 2 aromatic rings. The van der Waals surface area contributed by atoms with Gasteiger partial charge in [-0.25, -0.2) is 0 Å². The van der Waals surface area contributed by atoms with Crippen LogP contribution in [0.2, 0.25) is 0 Å². The van der Waals surface area contributed by atoms with Gasteiger partial charge in [0.15, 0.2) is 0 Å². The lowest BCUT2D eigenvalue weighted by Crippen LogP contribution is -1.99. The highest BCUT2D eigenvalue weighted by Crippen LogP contribution is 2.40. The molecule has 1 aliphatic rings. The van der Waals surface area contributed by atoms with Crippen molar-refractivity contribution in [1.29, 1.82) is 0 Å². The van der Waals surface area contributed by atoms with Crippen molar-refractivity contribution in [2.75, 3.05) is 0 Å². The lowest BCUT2D eigenvalue weighted by atomic mass is 9.91. The van der Waals surface area contributed by atoms with Crippen molar-refractivity contribution in [1.82, 2.24) is 0 Å². The Balaban J connectivity index is 2.05. The van der Waals surface area contributed by atoms with Crippen molar-refractivity contribution in [2.45, 2.75) is 26.4 Å². The third-order valence-electron chi connectivity index (χ3n) is 4.23. The minimum absolute atomic E-state index is 0.571. The fraction of sp³-hybridized carbons (Fsp3) is 0.200. The van der Waals surface area contributed by atoms with Crippen LogP contribution in [0.25, 0.3) is 11.1 Å². The predicted octanol–water partition coefficient (Wildman–Crippen LogP) is 3.86. The molecule has 0 saturated carbocycles. The van der Waals surface area contributed by atoms with Crippen LogP contribution in [0.1, 0.15) is 35.6 Å². The highest BCUT2D eigenvalue weighted by Gasteiger charge is 2.18. The summed E-state index contributed by atoms with van der Waals surface area (Å²) >= 11 is 0. The monoisotopic (exact) mass is 290 g/mol. The smallest absolute Gasteiger partial charge is 0.0178 e. The van der Waals surface area contributed by atoms with Gasteiger partial charge in [0, 0.05) is 13.1 Å². The number of benzene rings is 2. The molecule has 3 rings (SSSR count). The average molecular weight is 290 g/mol. The Morgan fingerprint density at radius 1 is 0.864 bits per heavy atom. The van der Waals surface area contributed by atoms with Gasteiger partial charge in [-0.1, -0.05) is 48.0 Å². The number of nitrogens with two attached hydrogens (primary N) is 2. The maximum Gasteiger partial charge on any atom is 0.0178 e. The van der Waals surface area contributed by atoms with Gasteiger partial charge in [0.25, 0.3) is 0 Å². The molecule has 0 amide bonds. The lowest BCUT2D eigenvalue weighted by molar-refractivity contribution is 1.07. The van der Waals surface area contributed by atoms with E-state index in [9.17, 15) is 0 Å². The molecular weight excluding hydrogens is 268 g/mol. The highest BCUT2D eigenvalue weighted by molar-refractivity contribution is 6.08. The van der Waals surface area contributed by atoms with Gasteiger partial charge in [-0.2, -0.15) is 0 Å². The zero-order valence-corrected chi connectivity index (χ0v) is 13.0. The zero-order valence-electron chi connectivity index (χ0n) is 13.0. The summed E-state index contributed by atoms with van der Waals surface area (Å²) in [6.45, 7) is 3.35. The second-order valence-corrected chi connectivity index (χ2v) is 5.79. The van der Waals surface area contributed by atoms with Crippen molar-refractivity contribution in [3.8, 4) is 0 Å². The molecule has 112 valence electrons. The molecule has 4 N–H and O–H groups in total. The van der Waals surface area contributed by atoms with Gasteiger partial charge in [-0.15, -0.1) is 0 Å². The molecule has 0 aliphatic heterocycles. The molecule has 0 radical (unpaired) electrons. The maximum atomic E-state index is 5.79. The summed E-state index contributed by atoms with van der Waals surface area (Å²) in [7, 11) is 0. The molecule has 2 nitrogen and oxygen atoms in total. The molecule has 0 unspecified atom stereocenters. The Bertz CT molecular complexity index is 754. The van der Waals surface area contributed by atoms with Gasteiger partial charge in [0.05, 0.1) is 0 Å². The third kappa shape index (κ3) is 2.76. The highest BCUT2D eigenvalue weighted by atomic mass is 14.5. The fourth-order valence-corrected chi connectivity index (χ4v) is 3.07. The summed E-state index contributed by atoms with van der Waals surface area (Å²) in [5, 5.41) is 0. The van der Waals surface area contributed by atoms with E-state index in [4.69, 9.17) is 11.5 Å². The zero-order chi connectivity index (χ0) is 15.5. The van der Waals surface area contributed by atoms with Crippen molar-refractivity contribution in [2.24, 2.45) is 11.5 Å². The normalized spacial score (nSPS) is 14.4. The molecule has 0 atom stereocenters. The third-order valence-corrected chi connectivity index (χ3v) is 4.23. The average Bonchev–Trinajstić information content (AvgIpc) is 2.96. The van der Waals surface area contributed by atoms with Gasteiger partial charge in [0.2, 0.25) is 0 Å². The van der Waals surface area contributed by atoms with Crippen molar-refractivity contribution < 1.29 is 0 Å². The standard InChI is InChI=1S/C20H22N2/c1-14-8-9-19(17-6-2-4-15(10-17)12-21)20(14)18-7-3-5-16(11-18)13-22/h2-7,9-11H,8,12-13,21-22H2,1H3. The maximum absolute atomic E-state index is 5.79. The predicted molar refractivity (Wildman–Crippen MR) is 93.9 cm³/mol. The molecular formula is C20H22N2. The molecule has 0 bridgehead atoms. The Morgan fingerprint density at radius 3 is 2.09 bits per heavy atom. The van der Waals surface area contributed by atoms with Crippen LogP contribution in [-0.2, 0) is 13.1 Å². The van der Waals surface area contributed by atoms with E-state index >= 15 is 0 Å². The summed E-state index contributed by atoms with van der Waals surface area (Å²) in [4.78, 5) is 0. The second kappa shape index (κ2) is 6.30. The van der Waals surface area contributed by atoms with Crippen molar-refractivity contribution in [3.05, 3.63) is 82.4 Å². The van der Waals surface area contributed by atoms with E-state index in [2.05, 4.69) is 61.5 Å². The number of rotatable bonds is 4. The Morgan fingerprint density at radius 2 is 1.45 bits per heavy atom. The molecule has 0 fully saturated rings. The van der Waals surface area contributed by atoms with Crippen molar-refractivity contribution in [3.63, 3.8) is 0 Å². The van der Waals surface area contributed by atoms with E-state index < -0.39 is 0 Å². The molecule has 0 saturated heterocycles. The van der Waals surface area contributed by atoms with Crippen LogP contribution >= 0.6 is 0 Å². The summed E-state index contributed by atoms with van der Waals surface area (Å²) < 4.78 is 0. The lowest BCUT2D eigenvalue weighted by Gasteiger charge is -2.13. The molecule has 1 aliphatic carbocycles. The van der Waals surface area contributed by atoms with E-state index in [1.807, 2.05) is 0 Å². The first-order valence-electron chi connectivity index (χ1n) is 7.72. The van der Waals surface area contributed by atoms with Crippen LogP contribution in [-0.4, -0.2) is 0 Å². The minimum atomic E-state index is 0.571. The van der Waals surface area contributed by atoms with E-state index in [1.54, 1.807) is 0 Å². The van der Waals surface area contributed by atoms with Gasteiger partial charge >= 0.3 is 0 Å². The van der Waals surface area contributed by atoms with E-state index in [0.717, 1.165) is 12.0 Å². The van der Waals surface area contributed by atoms with E-state index in [-0.39, 0.29) is 0 Å². The van der Waals surface area contributed by atoms with Gasteiger partial charge in [0.1, 0.15) is 0 Å². The van der Waals surface area contributed by atoms with Crippen LogP contribution in [0, 0.1) is 0 Å². The molecule has 2 aromatic carbocycles. The summed E-state index contributed by atoms with van der Waals surface area (Å²) in [6, 6.07) is 17.0. The second-order valence-electron chi connectivity index (χ2n) is 5.79. The number of allylic oxidation sites excluding steroid dienone is 4. The van der Waals surface area contributed by atoms with Gasteiger partial charge in [-0.05, 0) is 58.9 Å². The largest absolute Gasteiger partial charge is 0.326 e. The summed E-state index contributed by atoms with van der Waals surface area (Å²) in [6.07, 6.45) is 3.32. The first-order chi connectivity index (χ1) is 10.7. The molecule has 0 spiro atoms. The molecule has 22 heavy (non-hydrogen) atoms.